The van der Waals surface area contributed by atoms with Crippen LogP contribution < -0.4 is 5.73 Å². The Kier molecular flexibility index (Phi) is 4.60. The first-order valence-corrected chi connectivity index (χ1v) is 7.04. The molecule has 2 unspecified atom stereocenters. The monoisotopic (exact) mass is 285 g/mol. The Morgan fingerprint density at radius 2 is 2.32 bits per heavy atom. The Balaban J connectivity index is 2.07. The average Bonchev–Trinajstić information content (AvgIpc) is 2.98. The molecule has 0 radical (unpaired) electrons. The van der Waals surface area contributed by atoms with E-state index in [1.165, 1.54) is 0 Å². The molecule has 19 heavy (non-hydrogen) atoms. The minimum Gasteiger partial charge on any atom is -0.366 e. The zero-order valence-electron chi connectivity index (χ0n) is 11.4. The molecule has 2 heterocycles. The van der Waals surface area contributed by atoms with Gasteiger partial charge in [-0.25, -0.2) is 0 Å². The van der Waals surface area contributed by atoms with Gasteiger partial charge in [-0.1, -0.05) is 11.6 Å². The van der Waals surface area contributed by atoms with E-state index in [1.807, 2.05) is 13.8 Å². The molecule has 2 rings (SSSR count). The van der Waals surface area contributed by atoms with Crippen LogP contribution in [0.2, 0.25) is 5.02 Å². The Labute approximate surface area is 118 Å². The summed E-state index contributed by atoms with van der Waals surface area (Å²) in [5.41, 5.74) is 7.10. The van der Waals surface area contributed by atoms with Crippen LogP contribution in [0.15, 0.2) is 0 Å². The number of nitrogens with two attached hydrogens (primary N) is 1. The predicted molar refractivity (Wildman–Crippen MR) is 73.3 cm³/mol. The third-order valence-corrected chi connectivity index (χ3v) is 4.02. The highest BCUT2D eigenvalue weighted by atomic mass is 35.5. The lowest BCUT2D eigenvalue weighted by molar-refractivity contribution is -0.129. The number of aryl methyl sites for hydroxylation is 2. The second-order valence-corrected chi connectivity index (χ2v) is 5.24. The van der Waals surface area contributed by atoms with Gasteiger partial charge in [0.2, 0.25) is 0 Å². The summed E-state index contributed by atoms with van der Waals surface area (Å²) in [4.78, 5) is 12.2. The van der Waals surface area contributed by atoms with E-state index in [-0.39, 0.29) is 24.4 Å². The number of nitrogens with zero attached hydrogens (tertiary/aromatic N) is 2. The van der Waals surface area contributed by atoms with Crippen molar-refractivity contribution in [3.8, 4) is 0 Å². The highest BCUT2D eigenvalue weighted by molar-refractivity contribution is 6.32. The number of ketones is 1. The highest BCUT2D eigenvalue weighted by Crippen LogP contribution is 2.24. The van der Waals surface area contributed by atoms with Crippen LogP contribution in [0.25, 0.3) is 0 Å². The van der Waals surface area contributed by atoms with Crippen LogP contribution in [-0.2, 0) is 22.5 Å². The predicted octanol–water partition coefficient (Wildman–Crippen LogP) is 1.48. The minimum atomic E-state index is -0.342. The van der Waals surface area contributed by atoms with Crippen molar-refractivity contribution in [3.05, 3.63) is 16.4 Å². The van der Waals surface area contributed by atoms with Gasteiger partial charge in [-0.3, -0.25) is 9.48 Å². The molecule has 0 aliphatic carbocycles. The third kappa shape index (κ3) is 2.99. The first-order chi connectivity index (χ1) is 9.06. The van der Waals surface area contributed by atoms with E-state index >= 15 is 0 Å². The first kappa shape index (κ1) is 14.5. The molecule has 1 aromatic heterocycles. The van der Waals surface area contributed by atoms with E-state index in [9.17, 15) is 4.79 Å². The lowest BCUT2D eigenvalue weighted by atomic mass is 10.1. The molecule has 1 aliphatic rings. The molecule has 2 N–H and O–H groups in total. The molecule has 0 aromatic carbocycles. The summed E-state index contributed by atoms with van der Waals surface area (Å²) in [5.74, 6) is 0.0625. The Bertz CT molecular complexity index is 473. The summed E-state index contributed by atoms with van der Waals surface area (Å²) in [6.07, 6.45) is 1.55. The van der Waals surface area contributed by atoms with Gasteiger partial charge in [-0.2, -0.15) is 5.10 Å². The number of aromatic nitrogens is 2. The third-order valence-electron chi connectivity index (χ3n) is 3.52. The van der Waals surface area contributed by atoms with E-state index in [4.69, 9.17) is 22.1 Å². The maximum atomic E-state index is 12.2. The minimum absolute atomic E-state index is 0.0160. The molecule has 1 saturated heterocycles. The van der Waals surface area contributed by atoms with Crippen LogP contribution in [0.5, 0.6) is 0 Å². The van der Waals surface area contributed by atoms with E-state index in [1.54, 1.807) is 4.68 Å². The zero-order chi connectivity index (χ0) is 14.0. The molecular weight excluding hydrogens is 266 g/mol. The van der Waals surface area contributed by atoms with Crippen LogP contribution in [0.4, 0.5) is 0 Å². The van der Waals surface area contributed by atoms with Crippen LogP contribution in [0.1, 0.15) is 31.2 Å². The second-order valence-electron chi connectivity index (χ2n) is 4.86. The van der Waals surface area contributed by atoms with Crippen molar-refractivity contribution in [1.82, 2.24) is 9.78 Å². The van der Waals surface area contributed by atoms with Gasteiger partial charge in [0.1, 0.15) is 6.10 Å². The topological polar surface area (TPSA) is 70.1 Å². The molecule has 1 aliphatic heterocycles. The van der Waals surface area contributed by atoms with Gasteiger partial charge in [-0.05, 0) is 26.7 Å². The Morgan fingerprint density at radius 3 is 2.89 bits per heavy atom. The Hall–Kier alpha value is -0.910. The largest absolute Gasteiger partial charge is 0.366 e. The number of halogens is 1. The van der Waals surface area contributed by atoms with E-state index < -0.39 is 0 Å². The molecule has 106 valence electrons. The number of carbonyl (C=O) groups is 1. The molecule has 0 bridgehead atoms. The molecule has 1 fully saturated rings. The van der Waals surface area contributed by atoms with Crippen molar-refractivity contribution < 1.29 is 9.53 Å². The fourth-order valence-electron chi connectivity index (χ4n) is 2.43. The van der Waals surface area contributed by atoms with Gasteiger partial charge in [0.05, 0.1) is 28.9 Å². The van der Waals surface area contributed by atoms with E-state index in [0.29, 0.717) is 18.1 Å². The number of ether oxygens (including phenoxy) is 1. The molecule has 0 saturated carbocycles. The lowest BCUT2D eigenvalue weighted by Crippen LogP contribution is -2.27. The number of Topliss-reactive ketones (excluding diaryl/α,β-unsaturated/α-hetero) is 1. The normalized spacial score (nSPS) is 22.9. The molecule has 2 atom stereocenters. The first-order valence-electron chi connectivity index (χ1n) is 6.66. The van der Waals surface area contributed by atoms with Gasteiger partial charge in [0.25, 0.3) is 0 Å². The molecule has 1 aromatic rings. The van der Waals surface area contributed by atoms with Gasteiger partial charge < -0.3 is 10.5 Å². The fourth-order valence-corrected chi connectivity index (χ4v) is 2.63. The molecule has 0 spiro atoms. The maximum absolute atomic E-state index is 12.2. The van der Waals surface area contributed by atoms with Crippen LogP contribution in [0, 0.1) is 6.92 Å². The van der Waals surface area contributed by atoms with E-state index in [2.05, 4.69) is 5.10 Å². The van der Waals surface area contributed by atoms with Gasteiger partial charge in [-0.15, -0.1) is 0 Å². The quantitative estimate of drug-likeness (QED) is 0.890. The summed E-state index contributed by atoms with van der Waals surface area (Å²) in [6, 6.07) is 0. The second kappa shape index (κ2) is 6.03. The number of hydrogen-bond acceptors (Lipinski definition) is 4. The van der Waals surface area contributed by atoms with Gasteiger partial charge in [0.15, 0.2) is 5.78 Å². The van der Waals surface area contributed by atoms with Crippen molar-refractivity contribution in [3.63, 3.8) is 0 Å². The number of carbonyl (C=O) groups excluding carboxylic acids is 1. The van der Waals surface area contributed by atoms with Crippen LogP contribution >= 0.6 is 11.6 Å². The summed E-state index contributed by atoms with van der Waals surface area (Å²) < 4.78 is 7.40. The number of hydrogen-bond donors (Lipinski definition) is 1. The van der Waals surface area contributed by atoms with Gasteiger partial charge >= 0.3 is 0 Å². The zero-order valence-corrected chi connectivity index (χ0v) is 12.1. The molecular formula is C13H20ClN3O2. The number of rotatable bonds is 5. The van der Waals surface area contributed by atoms with Gasteiger partial charge in [0, 0.05) is 13.1 Å². The average molecular weight is 286 g/mol. The van der Waals surface area contributed by atoms with Crippen molar-refractivity contribution in [1.29, 1.82) is 0 Å². The van der Waals surface area contributed by atoms with Crippen molar-refractivity contribution in [2.24, 2.45) is 5.73 Å². The fraction of sp³-hybridized carbons (Fsp3) is 0.692. The molecule has 0 amide bonds. The lowest BCUT2D eigenvalue weighted by Gasteiger charge is -2.12. The molecule has 5 nitrogen and oxygen atoms in total. The van der Waals surface area contributed by atoms with Crippen LogP contribution in [-0.4, -0.2) is 34.3 Å². The maximum Gasteiger partial charge on any atom is 0.167 e. The molecule has 6 heteroatoms. The summed E-state index contributed by atoms with van der Waals surface area (Å²) in [7, 11) is 0. The SMILES string of the molecule is CCn1nc(C)c(Cl)c1CC(=O)C1CCC(CN)O1. The van der Waals surface area contributed by atoms with Crippen molar-refractivity contribution in [2.45, 2.75) is 51.9 Å². The summed E-state index contributed by atoms with van der Waals surface area (Å²) in [6.45, 7) is 5.00. The standard InChI is InChI=1S/C13H20ClN3O2/c1-3-17-10(13(14)8(2)16-17)6-11(18)12-5-4-9(7-15)19-12/h9,12H,3-7,15H2,1-2H3. The summed E-state index contributed by atoms with van der Waals surface area (Å²) >= 11 is 6.20. The summed E-state index contributed by atoms with van der Waals surface area (Å²) in [5, 5.41) is 4.90. The van der Waals surface area contributed by atoms with E-state index in [0.717, 1.165) is 24.2 Å². The smallest absolute Gasteiger partial charge is 0.167 e. The Morgan fingerprint density at radius 1 is 1.58 bits per heavy atom. The highest BCUT2D eigenvalue weighted by Gasteiger charge is 2.30. The van der Waals surface area contributed by atoms with Crippen LogP contribution in [0.3, 0.4) is 0 Å². The van der Waals surface area contributed by atoms with Crippen molar-refractivity contribution in [2.75, 3.05) is 6.54 Å². The van der Waals surface area contributed by atoms with Crippen molar-refractivity contribution >= 4 is 17.4 Å².